The summed E-state index contributed by atoms with van der Waals surface area (Å²) < 4.78 is 4.70. The standard InChI is InChI=1S/C8H10O.C5H10O4/c9-7-6-8-4-2-1-3-5-8;6-3-1-9-2-4(7)5(3)8/h1-5,9H,6-7H2;3-8H,1-2H2/t;3-,4+,5?. The first-order valence-corrected chi connectivity index (χ1v) is 5.92. The van der Waals surface area contributed by atoms with Gasteiger partial charge in [-0.05, 0) is 12.0 Å². The molecule has 0 aromatic heterocycles. The predicted octanol–water partition coefficient (Wildman–Crippen LogP) is -0.679. The van der Waals surface area contributed by atoms with Crippen LogP contribution in [0.25, 0.3) is 0 Å². The van der Waals surface area contributed by atoms with Gasteiger partial charge >= 0.3 is 0 Å². The van der Waals surface area contributed by atoms with E-state index in [-0.39, 0.29) is 19.8 Å². The van der Waals surface area contributed by atoms with Crippen LogP contribution >= 0.6 is 0 Å². The van der Waals surface area contributed by atoms with Gasteiger partial charge in [0.25, 0.3) is 0 Å². The number of aliphatic hydroxyl groups is 4. The highest BCUT2D eigenvalue weighted by Gasteiger charge is 2.29. The molecule has 1 unspecified atom stereocenters. The van der Waals surface area contributed by atoms with Crippen LogP contribution in [0.15, 0.2) is 30.3 Å². The van der Waals surface area contributed by atoms with Gasteiger partial charge in [0.15, 0.2) is 0 Å². The van der Waals surface area contributed by atoms with Gasteiger partial charge in [0.2, 0.25) is 0 Å². The van der Waals surface area contributed by atoms with E-state index in [1.165, 1.54) is 5.56 Å². The lowest BCUT2D eigenvalue weighted by Crippen LogP contribution is -2.47. The first-order chi connectivity index (χ1) is 8.65. The summed E-state index contributed by atoms with van der Waals surface area (Å²) in [5.74, 6) is 0. The van der Waals surface area contributed by atoms with Crippen LogP contribution in [0.4, 0.5) is 0 Å². The molecule has 1 fully saturated rings. The van der Waals surface area contributed by atoms with Gasteiger partial charge in [-0.2, -0.15) is 0 Å². The lowest BCUT2D eigenvalue weighted by atomic mass is 10.1. The topological polar surface area (TPSA) is 90.2 Å². The van der Waals surface area contributed by atoms with Gasteiger partial charge in [-0.1, -0.05) is 30.3 Å². The van der Waals surface area contributed by atoms with Gasteiger partial charge in [0.1, 0.15) is 18.3 Å². The Bertz CT molecular complexity index is 306. The van der Waals surface area contributed by atoms with Crippen LogP contribution in [0, 0.1) is 0 Å². The largest absolute Gasteiger partial charge is 0.396 e. The minimum absolute atomic E-state index is 0.109. The van der Waals surface area contributed by atoms with Crippen molar-refractivity contribution in [1.82, 2.24) is 0 Å². The normalized spacial score (nSPS) is 27.2. The molecule has 1 aromatic carbocycles. The quantitative estimate of drug-likeness (QED) is 0.563. The fourth-order valence-corrected chi connectivity index (χ4v) is 1.54. The zero-order chi connectivity index (χ0) is 13.4. The van der Waals surface area contributed by atoms with E-state index in [2.05, 4.69) is 0 Å². The Morgan fingerprint density at radius 2 is 1.56 bits per heavy atom. The minimum Gasteiger partial charge on any atom is -0.396 e. The first kappa shape index (κ1) is 15.1. The minimum atomic E-state index is -1.04. The average molecular weight is 256 g/mol. The highest BCUT2D eigenvalue weighted by atomic mass is 16.5. The molecule has 18 heavy (non-hydrogen) atoms. The molecule has 5 heteroatoms. The third kappa shape index (κ3) is 5.12. The molecule has 5 nitrogen and oxygen atoms in total. The molecule has 1 aliphatic rings. The number of rotatable bonds is 2. The second kappa shape index (κ2) is 8.18. The number of benzene rings is 1. The second-order valence-electron chi connectivity index (χ2n) is 4.12. The molecule has 1 heterocycles. The molecule has 0 aliphatic carbocycles. The molecule has 1 aromatic rings. The van der Waals surface area contributed by atoms with Crippen LogP contribution in [0.2, 0.25) is 0 Å². The predicted molar refractivity (Wildman–Crippen MR) is 66.1 cm³/mol. The van der Waals surface area contributed by atoms with Crippen LogP contribution in [-0.2, 0) is 11.2 Å². The summed E-state index contributed by atoms with van der Waals surface area (Å²) in [6.07, 6.45) is -2.15. The Hall–Kier alpha value is -0.980. The van der Waals surface area contributed by atoms with E-state index in [1.54, 1.807) is 0 Å². The van der Waals surface area contributed by atoms with Crippen molar-refractivity contribution in [2.24, 2.45) is 0 Å². The maximum Gasteiger partial charge on any atom is 0.110 e. The van der Waals surface area contributed by atoms with Crippen molar-refractivity contribution in [2.75, 3.05) is 19.8 Å². The van der Waals surface area contributed by atoms with Crippen molar-refractivity contribution in [1.29, 1.82) is 0 Å². The van der Waals surface area contributed by atoms with Crippen molar-refractivity contribution in [3.05, 3.63) is 35.9 Å². The number of ether oxygens (including phenoxy) is 1. The lowest BCUT2D eigenvalue weighted by molar-refractivity contribution is -0.150. The van der Waals surface area contributed by atoms with E-state index >= 15 is 0 Å². The summed E-state index contributed by atoms with van der Waals surface area (Å²) in [6.45, 7) is 0.459. The van der Waals surface area contributed by atoms with E-state index < -0.39 is 18.3 Å². The third-order valence-electron chi connectivity index (χ3n) is 2.61. The number of hydrogen-bond acceptors (Lipinski definition) is 5. The Labute approximate surface area is 106 Å². The Kier molecular flexibility index (Phi) is 6.85. The molecule has 4 N–H and O–H groups in total. The van der Waals surface area contributed by atoms with Gasteiger partial charge in [-0.25, -0.2) is 0 Å². The van der Waals surface area contributed by atoms with Crippen LogP contribution in [0.1, 0.15) is 5.56 Å². The maximum atomic E-state index is 8.87. The second-order valence-corrected chi connectivity index (χ2v) is 4.12. The summed E-state index contributed by atoms with van der Waals surface area (Å²) in [6, 6.07) is 9.95. The fourth-order valence-electron chi connectivity index (χ4n) is 1.54. The van der Waals surface area contributed by atoms with Gasteiger partial charge in [-0.15, -0.1) is 0 Å². The van der Waals surface area contributed by atoms with Crippen LogP contribution in [-0.4, -0.2) is 58.6 Å². The van der Waals surface area contributed by atoms with Crippen LogP contribution in [0.5, 0.6) is 0 Å². The molecular formula is C13H20O5. The van der Waals surface area contributed by atoms with E-state index in [9.17, 15) is 0 Å². The Balaban J connectivity index is 0.000000180. The molecule has 0 saturated carbocycles. The van der Waals surface area contributed by atoms with E-state index in [4.69, 9.17) is 25.2 Å². The Morgan fingerprint density at radius 3 is 2.00 bits per heavy atom. The summed E-state index contributed by atoms with van der Waals surface area (Å²) in [5, 5.41) is 35.0. The first-order valence-electron chi connectivity index (χ1n) is 5.92. The molecule has 0 radical (unpaired) electrons. The third-order valence-corrected chi connectivity index (χ3v) is 2.61. The molecule has 3 atom stereocenters. The van der Waals surface area contributed by atoms with Gasteiger partial charge in [-0.3, -0.25) is 0 Å². The van der Waals surface area contributed by atoms with Crippen LogP contribution < -0.4 is 0 Å². The smallest absolute Gasteiger partial charge is 0.110 e. The fraction of sp³-hybridized carbons (Fsp3) is 0.538. The summed E-state index contributed by atoms with van der Waals surface area (Å²) >= 11 is 0. The van der Waals surface area contributed by atoms with Gasteiger partial charge < -0.3 is 25.2 Å². The lowest BCUT2D eigenvalue weighted by Gasteiger charge is -2.27. The van der Waals surface area contributed by atoms with Crippen LogP contribution in [0.3, 0.4) is 0 Å². The molecule has 1 saturated heterocycles. The molecule has 0 bridgehead atoms. The SMILES string of the molecule is OC1[C@H](O)COC[C@@H]1O.OCCc1ccccc1. The van der Waals surface area contributed by atoms with Crippen molar-refractivity contribution in [2.45, 2.75) is 24.7 Å². The molecular weight excluding hydrogens is 236 g/mol. The summed E-state index contributed by atoms with van der Waals surface area (Å²) in [5.41, 5.74) is 1.19. The van der Waals surface area contributed by atoms with Crippen molar-refractivity contribution < 1.29 is 25.2 Å². The highest BCUT2D eigenvalue weighted by Crippen LogP contribution is 2.07. The Morgan fingerprint density at radius 1 is 1.00 bits per heavy atom. The highest BCUT2D eigenvalue weighted by molar-refractivity contribution is 5.14. The zero-order valence-corrected chi connectivity index (χ0v) is 10.1. The summed E-state index contributed by atoms with van der Waals surface area (Å²) in [4.78, 5) is 0. The monoisotopic (exact) mass is 256 g/mol. The van der Waals surface area contributed by atoms with Crippen molar-refractivity contribution >= 4 is 0 Å². The molecule has 0 spiro atoms. The van der Waals surface area contributed by atoms with Crippen molar-refractivity contribution in [3.63, 3.8) is 0 Å². The van der Waals surface area contributed by atoms with Crippen molar-refractivity contribution in [3.8, 4) is 0 Å². The van der Waals surface area contributed by atoms with Gasteiger partial charge in [0, 0.05) is 6.61 Å². The van der Waals surface area contributed by atoms with E-state index in [0.717, 1.165) is 6.42 Å². The summed E-state index contributed by atoms with van der Waals surface area (Å²) in [7, 11) is 0. The number of aliphatic hydroxyl groups excluding tert-OH is 4. The molecule has 1 aliphatic heterocycles. The van der Waals surface area contributed by atoms with E-state index in [0.29, 0.717) is 0 Å². The van der Waals surface area contributed by atoms with E-state index in [1.807, 2.05) is 30.3 Å². The van der Waals surface area contributed by atoms with Gasteiger partial charge in [0.05, 0.1) is 13.2 Å². The average Bonchev–Trinajstić information content (AvgIpc) is 2.38. The number of hydrogen-bond donors (Lipinski definition) is 4. The molecule has 102 valence electrons. The maximum absolute atomic E-state index is 8.87. The molecule has 2 rings (SSSR count). The zero-order valence-electron chi connectivity index (χ0n) is 10.1. The molecule has 0 amide bonds.